The van der Waals surface area contributed by atoms with Gasteiger partial charge in [0.05, 0.1) is 23.2 Å². The van der Waals surface area contributed by atoms with Crippen LogP contribution >= 0.6 is 0 Å². The van der Waals surface area contributed by atoms with Crippen LogP contribution in [0.15, 0.2) is 29.2 Å². The van der Waals surface area contributed by atoms with Gasteiger partial charge in [0.25, 0.3) is 0 Å². The van der Waals surface area contributed by atoms with Crippen molar-refractivity contribution in [1.82, 2.24) is 4.31 Å². The molecule has 0 amide bonds. The maximum Gasteiger partial charge on any atom is 0.416 e. The molecule has 0 heterocycles. The minimum absolute atomic E-state index is 0.00520. The number of nitrogens with zero attached hydrogens (tertiary/aromatic N) is 1. The summed E-state index contributed by atoms with van der Waals surface area (Å²) in [6.07, 6.45) is -1.09. The van der Waals surface area contributed by atoms with Gasteiger partial charge in [-0.3, -0.25) is 4.79 Å². The zero-order chi connectivity index (χ0) is 22.4. The fourth-order valence-electron chi connectivity index (χ4n) is 3.45. The molecule has 0 N–H and O–H groups in total. The van der Waals surface area contributed by atoms with E-state index in [1.807, 2.05) is 0 Å². The van der Waals surface area contributed by atoms with Crippen LogP contribution in [0.4, 0.5) is 13.2 Å². The Labute approximate surface area is 175 Å². The third-order valence-electron chi connectivity index (χ3n) is 5.20. The summed E-state index contributed by atoms with van der Waals surface area (Å²) in [7, 11) is -2.42. The van der Waals surface area contributed by atoms with Crippen molar-refractivity contribution < 1.29 is 35.9 Å². The van der Waals surface area contributed by atoms with Crippen molar-refractivity contribution in [3.05, 3.63) is 29.8 Å². The number of esters is 1. The maximum atomic E-state index is 12.8. The minimum atomic E-state index is -4.51. The molecule has 1 aliphatic rings. The minimum Gasteiger partial charge on any atom is -0.466 e. The number of sulfonamides is 1. The number of rotatable bonds is 9. The van der Waals surface area contributed by atoms with Gasteiger partial charge in [-0.1, -0.05) is 0 Å². The van der Waals surface area contributed by atoms with Crippen molar-refractivity contribution in [2.75, 3.05) is 20.3 Å². The quantitative estimate of drug-likeness (QED) is 0.419. The van der Waals surface area contributed by atoms with Gasteiger partial charge in [0, 0.05) is 26.1 Å². The first-order valence-electron chi connectivity index (χ1n) is 9.98. The lowest BCUT2D eigenvalue weighted by Crippen LogP contribution is -2.40. The Bertz CT molecular complexity index is 788. The van der Waals surface area contributed by atoms with Crippen molar-refractivity contribution in [2.45, 2.75) is 68.7 Å². The fourth-order valence-corrected chi connectivity index (χ4v) is 4.87. The van der Waals surface area contributed by atoms with E-state index in [1.165, 1.54) is 11.4 Å². The van der Waals surface area contributed by atoms with Crippen LogP contribution in [0, 0.1) is 0 Å². The summed E-state index contributed by atoms with van der Waals surface area (Å²) in [5.41, 5.74) is -0.885. The summed E-state index contributed by atoms with van der Waals surface area (Å²) in [5.74, 6) is -0.250. The predicted octanol–water partition coefficient (Wildman–Crippen LogP) is 4.00. The van der Waals surface area contributed by atoms with Gasteiger partial charge in [0.1, 0.15) is 0 Å². The van der Waals surface area contributed by atoms with Crippen LogP contribution in [0.25, 0.3) is 0 Å². The van der Waals surface area contributed by atoms with E-state index in [0.29, 0.717) is 51.7 Å². The first-order chi connectivity index (χ1) is 14.1. The van der Waals surface area contributed by atoms with Gasteiger partial charge in [-0.15, -0.1) is 0 Å². The maximum absolute atomic E-state index is 12.8. The number of halogens is 3. The van der Waals surface area contributed by atoms with E-state index < -0.39 is 21.8 Å². The first-order valence-corrected chi connectivity index (χ1v) is 11.4. The van der Waals surface area contributed by atoms with Gasteiger partial charge in [-0.25, -0.2) is 8.42 Å². The Morgan fingerprint density at radius 2 is 1.73 bits per heavy atom. The molecular formula is C20H28F3NO5S. The number of hydrogen-bond acceptors (Lipinski definition) is 5. The fraction of sp³-hybridized carbons (Fsp3) is 0.650. The second kappa shape index (κ2) is 10.6. The number of carbonyl (C=O) groups is 1. The molecule has 1 fully saturated rings. The molecule has 0 aliphatic heterocycles. The summed E-state index contributed by atoms with van der Waals surface area (Å²) < 4.78 is 75.5. The molecule has 1 saturated carbocycles. The number of benzene rings is 1. The van der Waals surface area contributed by atoms with Crippen molar-refractivity contribution >= 4 is 16.0 Å². The third-order valence-corrected chi connectivity index (χ3v) is 7.12. The lowest BCUT2D eigenvalue weighted by Gasteiger charge is -2.34. The molecule has 0 spiro atoms. The van der Waals surface area contributed by atoms with Crippen LogP contribution < -0.4 is 0 Å². The highest BCUT2D eigenvalue weighted by molar-refractivity contribution is 7.89. The monoisotopic (exact) mass is 451 g/mol. The molecule has 0 saturated heterocycles. The predicted molar refractivity (Wildman–Crippen MR) is 104 cm³/mol. The Morgan fingerprint density at radius 1 is 1.13 bits per heavy atom. The van der Waals surface area contributed by atoms with Crippen LogP contribution in [0.3, 0.4) is 0 Å². The van der Waals surface area contributed by atoms with Crippen LogP contribution in [-0.2, 0) is 30.5 Å². The lowest BCUT2D eigenvalue weighted by molar-refractivity contribution is -0.143. The zero-order valence-electron chi connectivity index (χ0n) is 17.2. The smallest absolute Gasteiger partial charge is 0.416 e. The third kappa shape index (κ3) is 6.68. The highest BCUT2D eigenvalue weighted by atomic mass is 32.2. The summed E-state index contributed by atoms with van der Waals surface area (Å²) >= 11 is 0. The molecule has 6 nitrogen and oxygen atoms in total. The summed E-state index contributed by atoms with van der Waals surface area (Å²) in [5, 5.41) is 0. The van der Waals surface area contributed by atoms with Gasteiger partial charge >= 0.3 is 12.1 Å². The molecule has 0 bridgehead atoms. The van der Waals surface area contributed by atoms with Gasteiger partial charge < -0.3 is 9.47 Å². The molecule has 0 atom stereocenters. The van der Waals surface area contributed by atoms with E-state index in [-0.39, 0.29) is 23.0 Å². The highest BCUT2D eigenvalue weighted by Crippen LogP contribution is 2.32. The topological polar surface area (TPSA) is 72.9 Å². The first kappa shape index (κ1) is 24.6. The Balaban J connectivity index is 1.84. The summed E-state index contributed by atoms with van der Waals surface area (Å²) in [4.78, 5) is 11.1. The summed E-state index contributed by atoms with van der Waals surface area (Å²) in [6.45, 7) is 2.54. The molecule has 30 heavy (non-hydrogen) atoms. The second-order valence-electron chi connectivity index (χ2n) is 7.25. The van der Waals surface area contributed by atoms with Gasteiger partial charge in [-0.05, 0) is 63.3 Å². The van der Waals surface area contributed by atoms with E-state index >= 15 is 0 Å². The molecule has 10 heteroatoms. The molecule has 0 radical (unpaired) electrons. The van der Waals surface area contributed by atoms with Crippen molar-refractivity contribution in [2.24, 2.45) is 0 Å². The van der Waals surface area contributed by atoms with E-state index in [9.17, 15) is 26.4 Å². The highest BCUT2D eigenvalue weighted by Gasteiger charge is 2.34. The van der Waals surface area contributed by atoms with Crippen LogP contribution in [-0.4, -0.2) is 51.1 Å². The largest absolute Gasteiger partial charge is 0.466 e. The molecule has 170 valence electrons. The molecule has 0 unspecified atom stereocenters. The van der Waals surface area contributed by atoms with Crippen LogP contribution in [0.2, 0.25) is 0 Å². The van der Waals surface area contributed by atoms with Gasteiger partial charge in [0.15, 0.2) is 0 Å². The lowest BCUT2D eigenvalue weighted by atomic mass is 9.93. The van der Waals surface area contributed by atoms with Crippen LogP contribution in [0.5, 0.6) is 0 Å². The summed E-state index contributed by atoms with van der Waals surface area (Å²) in [6, 6.07) is 3.31. The van der Waals surface area contributed by atoms with Crippen molar-refractivity contribution in [3.8, 4) is 0 Å². The Hall–Kier alpha value is -1.65. The second-order valence-corrected chi connectivity index (χ2v) is 9.25. The zero-order valence-corrected chi connectivity index (χ0v) is 18.0. The van der Waals surface area contributed by atoms with E-state index in [0.717, 1.165) is 24.3 Å². The molecular weight excluding hydrogens is 423 g/mol. The van der Waals surface area contributed by atoms with Crippen molar-refractivity contribution in [3.63, 3.8) is 0 Å². The van der Waals surface area contributed by atoms with Crippen molar-refractivity contribution in [1.29, 1.82) is 0 Å². The average molecular weight is 452 g/mol. The molecule has 1 aromatic rings. The number of ether oxygens (including phenoxy) is 2. The van der Waals surface area contributed by atoms with Crippen LogP contribution in [0.1, 0.15) is 51.0 Å². The Kier molecular flexibility index (Phi) is 8.69. The van der Waals surface area contributed by atoms with E-state index in [4.69, 9.17) is 9.47 Å². The molecule has 2 rings (SSSR count). The van der Waals surface area contributed by atoms with E-state index in [1.54, 1.807) is 6.92 Å². The standard InChI is InChI=1S/C20H28F3NO5S/c1-3-28-19(25)5-4-14-29-17-10-8-16(9-11-17)24(2)30(26,27)18-12-6-15(7-13-18)20(21,22)23/h6-7,12-13,16-17H,3-5,8-11,14H2,1-2H3/t16-,17-. The normalized spacial score (nSPS) is 20.3. The van der Waals surface area contributed by atoms with Gasteiger partial charge in [0.2, 0.25) is 10.0 Å². The van der Waals surface area contributed by atoms with E-state index in [2.05, 4.69) is 0 Å². The SMILES string of the molecule is CCOC(=O)CCCO[C@H]1CC[C@H](N(C)S(=O)(=O)c2ccc(C(F)(F)F)cc2)CC1. The number of alkyl halides is 3. The van der Waals surface area contributed by atoms with Gasteiger partial charge in [-0.2, -0.15) is 17.5 Å². The average Bonchev–Trinajstić information content (AvgIpc) is 2.71. The Morgan fingerprint density at radius 3 is 2.27 bits per heavy atom. The molecule has 1 aromatic carbocycles. The molecule has 0 aromatic heterocycles. The molecule has 1 aliphatic carbocycles. The number of carbonyl (C=O) groups excluding carboxylic acids is 1. The number of hydrogen-bond donors (Lipinski definition) is 0.